The highest BCUT2D eigenvalue weighted by molar-refractivity contribution is 6.29. The van der Waals surface area contributed by atoms with Crippen LogP contribution in [0.5, 0.6) is 0 Å². The van der Waals surface area contributed by atoms with E-state index in [4.69, 9.17) is 20.6 Å². The van der Waals surface area contributed by atoms with E-state index >= 15 is 0 Å². The number of likely N-dealkylation sites (tertiary alicyclic amines) is 1. The summed E-state index contributed by atoms with van der Waals surface area (Å²) in [5.74, 6) is 1.50. The maximum absolute atomic E-state index is 12.5. The lowest BCUT2D eigenvalue weighted by atomic mass is 9.97. The van der Waals surface area contributed by atoms with Gasteiger partial charge in [0.25, 0.3) is 0 Å². The summed E-state index contributed by atoms with van der Waals surface area (Å²) in [5, 5.41) is 8.06. The van der Waals surface area contributed by atoms with E-state index in [2.05, 4.69) is 15.3 Å². The van der Waals surface area contributed by atoms with Crippen LogP contribution in [0.25, 0.3) is 0 Å². The van der Waals surface area contributed by atoms with Crippen LogP contribution in [0.1, 0.15) is 48.2 Å². The van der Waals surface area contributed by atoms with Crippen LogP contribution in [0.2, 0.25) is 5.22 Å². The van der Waals surface area contributed by atoms with Crippen molar-refractivity contribution in [1.29, 1.82) is 0 Å². The molecule has 2 aromatic rings. The lowest BCUT2D eigenvalue weighted by Crippen LogP contribution is -2.39. The Morgan fingerprint density at radius 1 is 1.35 bits per heavy atom. The molecule has 0 bridgehead atoms. The van der Waals surface area contributed by atoms with Crippen molar-refractivity contribution in [1.82, 2.24) is 20.2 Å². The fourth-order valence-electron chi connectivity index (χ4n) is 2.93. The first-order chi connectivity index (χ1) is 11.0. The van der Waals surface area contributed by atoms with Gasteiger partial charge in [0, 0.05) is 37.9 Å². The fraction of sp³-hybridized carbons (Fsp3) is 0.600. The van der Waals surface area contributed by atoms with E-state index in [1.54, 1.807) is 6.92 Å². The third-order valence-corrected chi connectivity index (χ3v) is 4.51. The molecule has 3 heterocycles. The third-order valence-electron chi connectivity index (χ3n) is 4.21. The lowest BCUT2D eigenvalue weighted by Gasteiger charge is -2.31. The first-order valence-electron chi connectivity index (χ1n) is 7.73. The molecule has 1 fully saturated rings. The summed E-state index contributed by atoms with van der Waals surface area (Å²) in [6, 6.07) is 0. The van der Waals surface area contributed by atoms with Crippen molar-refractivity contribution in [2.45, 2.75) is 45.4 Å². The summed E-state index contributed by atoms with van der Waals surface area (Å²) in [6.07, 6.45) is 2.84. The van der Waals surface area contributed by atoms with Crippen molar-refractivity contribution in [3.05, 3.63) is 28.2 Å². The smallest absolute Gasteiger partial charge is 0.229 e. The topological polar surface area (TPSA) is 85.3 Å². The molecular formula is C15H19ClN4O3. The number of nitrogens with zero attached hydrogens (tertiary/aromatic N) is 4. The Morgan fingerprint density at radius 2 is 2.17 bits per heavy atom. The Morgan fingerprint density at radius 3 is 2.83 bits per heavy atom. The Kier molecular flexibility index (Phi) is 4.66. The molecule has 0 saturated carbocycles. The molecule has 1 atom stereocenters. The minimum absolute atomic E-state index is 0.103. The van der Waals surface area contributed by atoms with Gasteiger partial charge in [-0.25, -0.2) is 0 Å². The monoisotopic (exact) mass is 338 g/mol. The van der Waals surface area contributed by atoms with Crippen LogP contribution in [-0.2, 0) is 11.2 Å². The van der Waals surface area contributed by atoms with Crippen molar-refractivity contribution in [2.24, 2.45) is 0 Å². The van der Waals surface area contributed by atoms with Crippen molar-refractivity contribution in [2.75, 3.05) is 13.1 Å². The molecule has 23 heavy (non-hydrogen) atoms. The largest absolute Gasteiger partial charge is 0.344 e. The highest BCUT2D eigenvalue weighted by Crippen LogP contribution is 2.26. The Bertz CT molecular complexity index is 677. The van der Waals surface area contributed by atoms with E-state index in [1.807, 2.05) is 11.8 Å². The average Bonchev–Trinajstić information content (AvgIpc) is 3.12. The molecule has 3 rings (SSSR count). The van der Waals surface area contributed by atoms with Crippen LogP contribution in [0.3, 0.4) is 0 Å². The highest BCUT2D eigenvalue weighted by atomic mass is 35.5. The maximum atomic E-state index is 12.5. The molecule has 0 aliphatic carbocycles. The van der Waals surface area contributed by atoms with Crippen LogP contribution < -0.4 is 0 Å². The second-order valence-electron chi connectivity index (χ2n) is 5.87. The molecule has 0 radical (unpaired) electrons. The van der Waals surface area contributed by atoms with Crippen LogP contribution in [0.15, 0.2) is 9.05 Å². The molecule has 2 aromatic heterocycles. The standard InChI is InChI=1S/C15H19ClN4O3/c1-9-12(14(16)23-18-9)5-6-13(21)20-7-3-4-11(8-20)15-17-10(2)22-19-15/h11H,3-8H2,1-2H3/t11-/m0/s1. The molecule has 124 valence electrons. The van der Waals surface area contributed by atoms with E-state index in [0.29, 0.717) is 31.1 Å². The first-order valence-corrected chi connectivity index (χ1v) is 8.11. The van der Waals surface area contributed by atoms with Gasteiger partial charge in [0.05, 0.1) is 5.69 Å². The number of hydrogen-bond acceptors (Lipinski definition) is 6. The molecule has 1 aliphatic heterocycles. The molecule has 0 aromatic carbocycles. The minimum Gasteiger partial charge on any atom is -0.344 e. The minimum atomic E-state index is 0.103. The van der Waals surface area contributed by atoms with Crippen LogP contribution >= 0.6 is 11.6 Å². The zero-order chi connectivity index (χ0) is 16.4. The van der Waals surface area contributed by atoms with Gasteiger partial charge in [-0.3, -0.25) is 4.79 Å². The molecule has 1 saturated heterocycles. The summed E-state index contributed by atoms with van der Waals surface area (Å²) in [7, 11) is 0. The number of amides is 1. The molecular weight excluding hydrogens is 320 g/mol. The van der Waals surface area contributed by atoms with Gasteiger partial charge < -0.3 is 13.9 Å². The third kappa shape index (κ3) is 3.55. The molecule has 8 heteroatoms. The zero-order valence-electron chi connectivity index (χ0n) is 13.2. The van der Waals surface area contributed by atoms with Gasteiger partial charge in [0.2, 0.25) is 17.0 Å². The molecule has 0 spiro atoms. The predicted molar refractivity (Wildman–Crippen MR) is 82.2 cm³/mol. The average molecular weight is 339 g/mol. The summed E-state index contributed by atoms with van der Waals surface area (Å²) in [6.45, 7) is 4.99. The molecule has 1 amide bonds. The quantitative estimate of drug-likeness (QED) is 0.852. The van der Waals surface area contributed by atoms with Gasteiger partial charge in [0.15, 0.2) is 5.82 Å². The number of hydrogen-bond donors (Lipinski definition) is 0. The van der Waals surface area contributed by atoms with E-state index in [-0.39, 0.29) is 17.0 Å². The number of carbonyl (C=O) groups excluding carboxylic acids is 1. The number of aromatic nitrogens is 3. The second-order valence-corrected chi connectivity index (χ2v) is 6.21. The molecule has 0 N–H and O–H groups in total. The maximum Gasteiger partial charge on any atom is 0.229 e. The van der Waals surface area contributed by atoms with Gasteiger partial charge in [-0.05, 0) is 37.8 Å². The number of carbonyl (C=O) groups is 1. The molecule has 0 unspecified atom stereocenters. The van der Waals surface area contributed by atoms with E-state index < -0.39 is 0 Å². The highest BCUT2D eigenvalue weighted by Gasteiger charge is 2.27. The van der Waals surface area contributed by atoms with Crippen LogP contribution in [0, 0.1) is 13.8 Å². The van der Waals surface area contributed by atoms with Crippen molar-refractivity contribution < 1.29 is 13.8 Å². The summed E-state index contributed by atoms with van der Waals surface area (Å²) < 4.78 is 9.95. The van der Waals surface area contributed by atoms with Crippen molar-refractivity contribution in [3.8, 4) is 0 Å². The number of piperidine rings is 1. The van der Waals surface area contributed by atoms with Crippen molar-refractivity contribution >= 4 is 17.5 Å². The fourth-order valence-corrected chi connectivity index (χ4v) is 3.19. The summed E-state index contributed by atoms with van der Waals surface area (Å²) in [5.41, 5.74) is 1.55. The SMILES string of the molecule is Cc1nc([C@H]2CCCN(C(=O)CCc3c(C)noc3Cl)C2)no1. The van der Waals surface area contributed by atoms with E-state index in [0.717, 1.165) is 30.6 Å². The van der Waals surface area contributed by atoms with Gasteiger partial charge in [-0.1, -0.05) is 10.3 Å². The zero-order valence-corrected chi connectivity index (χ0v) is 14.0. The summed E-state index contributed by atoms with van der Waals surface area (Å²) in [4.78, 5) is 18.6. The first kappa shape index (κ1) is 16.0. The van der Waals surface area contributed by atoms with Crippen LogP contribution in [-0.4, -0.2) is 39.2 Å². The number of halogens is 1. The number of aryl methyl sites for hydroxylation is 2. The number of rotatable bonds is 4. The Hall–Kier alpha value is -1.89. The van der Waals surface area contributed by atoms with Gasteiger partial charge in [-0.15, -0.1) is 0 Å². The molecule has 1 aliphatic rings. The Labute approximate surface area is 139 Å². The van der Waals surface area contributed by atoms with Gasteiger partial charge >= 0.3 is 0 Å². The van der Waals surface area contributed by atoms with Crippen LogP contribution in [0.4, 0.5) is 0 Å². The predicted octanol–water partition coefficient (Wildman–Crippen LogP) is 2.67. The molecule has 7 nitrogen and oxygen atoms in total. The van der Waals surface area contributed by atoms with E-state index in [1.165, 1.54) is 0 Å². The van der Waals surface area contributed by atoms with E-state index in [9.17, 15) is 4.79 Å². The Balaban J connectivity index is 1.59. The summed E-state index contributed by atoms with van der Waals surface area (Å²) >= 11 is 5.94. The van der Waals surface area contributed by atoms with Gasteiger partial charge in [-0.2, -0.15) is 4.98 Å². The van der Waals surface area contributed by atoms with Gasteiger partial charge in [0.1, 0.15) is 0 Å². The lowest BCUT2D eigenvalue weighted by molar-refractivity contribution is -0.132. The normalized spacial score (nSPS) is 18.4. The van der Waals surface area contributed by atoms with Crippen molar-refractivity contribution in [3.63, 3.8) is 0 Å². The second kappa shape index (κ2) is 6.70.